The summed E-state index contributed by atoms with van der Waals surface area (Å²) in [6.45, 7) is -0.507. The van der Waals surface area contributed by atoms with E-state index in [1.54, 1.807) is 31.2 Å². The molecule has 9 atom stereocenters. The van der Waals surface area contributed by atoms with E-state index in [1.807, 2.05) is 0 Å². The van der Waals surface area contributed by atoms with Crippen LogP contribution in [0.3, 0.4) is 0 Å². The molecule has 2 heterocycles. The van der Waals surface area contributed by atoms with Gasteiger partial charge in [-0.15, -0.1) is 0 Å². The zero-order valence-corrected chi connectivity index (χ0v) is 17.2. The van der Waals surface area contributed by atoms with Gasteiger partial charge < -0.3 is 54.7 Å². The van der Waals surface area contributed by atoms with Crippen LogP contribution in [0.4, 0.5) is 0 Å². The van der Waals surface area contributed by atoms with Crippen molar-refractivity contribution in [3.05, 3.63) is 35.4 Å². The van der Waals surface area contributed by atoms with Gasteiger partial charge in [0.1, 0.15) is 55.9 Å². The van der Waals surface area contributed by atoms with Gasteiger partial charge in [0.05, 0.1) is 12.2 Å². The number of aliphatic hydroxyl groups excluding tert-OH is 7. The third-order valence-corrected chi connectivity index (χ3v) is 5.63. The minimum Gasteiger partial charge on any atom is -0.459 e. The molecule has 1 aromatic carbocycles. The van der Waals surface area contributed by atoms with Crippen LogP contribution >= 0.6 is 0 Å². The van der Waals surface area contributed by atoms with E-state index in [1.165, 1.54) is 0 Å². The highest BCUT2D eigenvalue weighted by Crippen LogP contribution is 2.36. The quantitative estimate of drug-likeness (QED) is 0.201. The molecule has 12 nitrogen and oxygen atoms in total. The van der Waals surface area contributed by atoms with E-state index in [-0.39, 0.29) is 5.56 Å². The Hall–Kier alpha value is -1.71. The van der Waals surface area contributed by atoms with Crippen molar-refractivity contribution in [2.45, 2.75) is 61.7 Å². The minimum atomic E-state index is -2.29. The number of aliphatic hydroxyl groups is 7. The van der Waals surface area contributed by atoms with Crippen LogP contribution in [0, 0.1) is 6.92 Å². The lowest BCUT2D eigenvalue weighted by molar-refractivity contribution is -0.383. The van der Waals surface area contributed by atoms with Crippen LogP contribution < -0.4 is 0 Å². The molecule has 0 bridgehead atoms. The number of hydrogen-bond donors (Lipinski definition) is 7. The van der Waals surface area contributed by atoms with Crippen LogP contribution in [0.15, 0.2) is 24.3 Å². The molecule has 0 radical (unpaired) electrons. The second-order valence-electron chi connectivity index (χ2n) is 7.79. The summed E-state index contributed by atoms with van der Waals surface area (Å²) in [5.74, 6) is -2.99. The monoisotopic (exact) mass is 460 g/mol. The Bertz CT molecular complexity index is 790. The van der Waals surface area contributed by atoms with Gasteiger partial charge in [-0.05, 0) is 18.6 Å². The molecule has 180 valence electrons. The molecular weight excluding hydrogens is 432 g/mol. The average molecular weight is 460 g/mol. The lowest BCUT2D eigenvalue weighted by Crippen LogP contribution is -2.62. The fourth-order valence-corrected chi connectivity index (χ4v) is 3.66. The minimum absolute atomic E-state index is 0.289. The van der Waals surface area contributed by atoms with Crippen molar-refractivity contribution < 1.29 is 59.5 Å². The molecule has 32 heavy (non-hydrogen) atoms. The van der Waals surface area contributed by atoms with Crippen molar-refractivity contribution in [3.63, 3.8) is 0 Å². The van der Waals surface area contributed by atoms with E-state index in [0.29, 0.717) is 5.56 Å². The Morgan fingerprint density at radius 3 is 2.28 bits per heavy atom. The average Bonchev–Trinajstić information content (AvgIpc) is 3.03. The zero-order chi connectivity index (χ0) is 23.6. The summed E-state index contributed by atoms with van der Waals surface area (Å²) in [6.07, 6.45) is -13.2. The fraction of sp³-hybridized carbons (Fsp3) is 0.650. The van der Waals surface area contributed by atoms with Crippen molar-refractivity contribution in [2.24, 2.45) is 0 Å². The molecule has 1 aromatic rings. The molecule has 0 aliphatic carbocycles. The molecule has 2 aliphatic heterocycles. The summed E-state index contributed by atoms with van der Waals surface area (Å²) in [7, 11) is 0. The summed E-state index contributed by atoms with van der Waals surface area (Å²) in [5.41, 5.74) is 0.949. The normalized spacial score (nSPS) is 39.8. The largest absolute Gasteiger partial charge is 0.459 e. The number of ether oxygens (including phenoxy) is 4. The molecule has 0 aromatic heterocycles. The van der Waals surface area contributed by atoms with Crippen LogP contribution in [-0.4, -0.2) is 116 Å². The lowest BCUT2D eigenvalue weighted by atomic mass is 9.99. The summed E-state index contributed by atoms with van der Waals surface area (Å²) < 4.78 is 21.2. The van der Waals surface area contributed by atoms with E-state index in [0.717, 1.165) is 0 Å². The highest BCUT2D eigenvalue weighted by molar-refractivity contribution is 5.90. The number of esters is 1. The number of benzene rings is 1. The Morgan fingerprint density at radius 1 is 1.00 bits per heavy atom. The molecule has 2 fully saturated rings. The van der Waals surface area contributed by atoms with Crippen molar-refractivity contribution in [1.29, 1.82) is 0 Å². The van der Waals surface area contributed by atoms with E-state index >= 15 is 0 Å². The summed E-state index contributed by atoms with van der Waals surface area (Å²) in [6, 6.07) is 6.65. The van der Waals surface area contributed by atoms with E-state index < -0.39 is 80.6 Å². The van der Waals surface area contributed by atoms with Gasteiger partial charge in [-0.2, -0.15) is 0 Å². The van der Waals surface area contributed by atoms with Gasteiger partial charge >= 0.3 is 5.97 Å². The number of carbonyl (C=O) groups is 1. The van der Waals surface area contributed by atoms with Crippen LogP contribution in [0.1, 0.15) is 15.9 Å². The number of rotatable bonds is 7. The van der Waals surface area contributed by atoms with Gasteiger partial charge in [-0.25, -0.2) is 4.79 Å². The van der Waals surface area contributed by atoms with Gasteiger partial charge in [0.2, 0.25) is 5.79 Å². The summed E-state index contributed by atoms with van der Waals surface area (Å²) in [5, 5.41) is 69.9. The van der Waals surface area contributed by atoms with Crippen LogP contribution in [0.5, 0.6) is 0 Å². The molecule has 12 heteroatoms. The topological polar surface area (TPSA) is 196 Å². The number of hydrogen-bond acceptors (Lipinski definition) is 12. The highest BCUT2D eigenvalue weighted by Gasteiger charge is 2.58. The predicted molar refractivity (Wildman–Crippen MR) is 103 cm³/mol. The van der Waals surface area contributed by atoms with Gasteiger partial charge in [0.25, 0.3) is 0 Å². The molecule has 3 rings (SSSR count). The van der Waals surface area contributed by atoms with Crippen LogP contribution in [0.25, 0.3) is 0 Å². The zero-order valence-electron chi connectivity index (χ0n) is 17.2. The Balaban J connectivity index is 1.71. The fourth-order valence-electron chi connectivity index (χ4n) is 3.66. The molecule has 0 saturated carbocycles. The van der Waals surface area contributed by atoms with Gasteiger partial charge in [-0.1, -0.05) is 18.2 Å². The second-order valence-corrected chi connectivity index (χ2v) is 7.79. The molecule has 2 saturated heterocycles. The van der Waals surface area contributed by atoms with Crippen LogP contribution in [-0.2, 0) is 18.9 Å². The third kappa shape index (κ3) is 4.65. The van der Waals surface area contributed by atoms with Gasteiger partial charge in [0.15, 0.2) is 6.29 Å². The lowest BCUT2D eigenvalue weighted by Gasteiger charge is -2.43. The smallest absolute Gasteiger partial charge is 0.338 e. The van der Waals surface area contributed by atoms with Gasteiger partial charge in [0, 0.05) is 0 Å². The van der Waals surface area contributed by atoms with E-state index in [2.05, 4.69) is 0 Å². The van der Waals surface area contributed by atoms with Crippen LogP contribution in [0.2, 0.25) is 0 Å². The molecule has 2 aliphatic rings. The van der Waals surface area contributed by atoms with Crippen molar-refractivity contribution >= 4 is 5.97 Å². The Morgan fingerprint density at radius 2 is 1.69 bits per heavy atom. The standard InChI is InChI=1S/C20H28O12/c1-9-4-2-3-5-10(9)18(28)29-7-12-13(23)15(25)16(26)19(30-12)32-20(8-22)17(27)14(24)11(6-21)31-20/h2-5,11-17,19,21-27H,6-8H2,1H3/t11-,12-,13-,14-,15+,16-,17+,19-,20+/m1/s1. The molecule has 7 N–H and O–H groups in total. The molecular formula is C20H28O12. The van der Waals surface area contributed by atoms with Gasteiger partial charge in [-0.3, -0.25) is 0 Å². The van der Waals surface area contributed by atoms with Crippen molar-refractivity contribution in [2.75, 3.05) is 19.8 Å². The maximum atomic E-state index is 12.3. The maximum absolute atomic E-state index is 12.3. The molecule has 0 amide bonds. The molecule has 0 unspecified atom stereocenters. The number of carbonyl (C=O) groups excluding carboxylic acids is 1. The SMILES string of the molecule is Cc1ccccc1C(=O)OC[C@H]1O[C@H](O[C@]2(CO)O[C@H](CO)[C@@H](O)[C@@H]2O)[C@H](O)[C@@H](O)[C@@H]1O. The highest BCUT2D eigenvalue weighted by atomic mass is 16.8. The van der Waals surface area contributed by atoms with E-state index in [9.17, 15) is 40.5 Å². The van der Waals surface area contributed by atoms with Crippen molar-refractivity contribution in [3.8, 4) is 0 Å². The first-order chi connectivity index (χ1) is 15.1. The Kier molecular flexibility index (Phi) is 7.83. The third-order valence-electron chi connectivity index (χ3n) is 5.63. The van der Waals surface area contributed by atoms with Crippen molar-refractivity contribution in [1.82, 2.24) is 0 Å². The first kappa shape index (κ1) is 24.9. The van der Waals surface area contributed by atoms with E-state index in [4.69, 9.17) is 18.9 Å². The molecule has 0 spiro atoms. The number of aryl methyl sites for hydroxylation is 1. The second kappa shape index (κ2) is 10.1. The maximum Gasteiger partial charge on any atom is 0.338 e. The first-order valence-corrected chi connectivity index (χ1v) is 10.0. The Labute approximate surface area is 183 Å². The summed E-state index contributed by atoms with van der Waals surface area (Å²) in [4.78, 5) is 12.3. The summed E-state index contributed by atoms with van der Waals surface area (Å²) >= 11 is 0. The first-order valence-electron chi connectivity index (χ1n) is 10.0. The predicted octanol–water partition coefficient (Wildman–Crippen LogP) is -3.22.